The summed E-state index contributed by atoms with van der Waals surface area (Å²) in [5.74, 6) is 0. The Morgan fingerprint density at radius 2 is 2.25 bits per heavy atom. The van der Waals surface area contributed by atoms with Gasteiger partial charge in [-0.1, -0.05) is 11.6 Å². The molecule has 1 aromatic rings. The van der Waals surface area contributed by atoms with Gasteiger partial charge in [-0.3, -0.25) is 0 Å². The second-order valence-electron chi connectivity index (χ2n) is 2.86. The molecular formula is C10H13ClN+. The minimum atomic E-state index is 0.843. The zero-order valence-electron chi connectivity index (χ0n) is 7.42. The lowest BCUT2D eigenvalue weighted by molar-refractivity contribution is -0.693. The third-order valence-corrected chi connectivity index (χ3v) is 1.98. The van der Waals surface area contributed by atoms with Crippen LogP contribution in [0.3, 0.4) is 0 Å². The third kappa shape index (κ3) is 2.35. The van der Waals surface area contributed by atoms with Gasteiger partial charge in [-0.05, 0) is 18.6 Å². The van der Waals surface area contributed by atoms with Gasteiger partial charge in [-0.2, -0.15) is 4.57 Å². The van der Waals surface area contributed by atoms with Crippen molar-refractivity contribution in [3.63, 3.8) is 0 Å². The van der Waals surface area contributed by atoms with Crippen LogP contribution in [0.25, 0.3) is 0 Å². The van der Waals surface area contributed by atoms with Gasteiger partial charge in [0, 0.05) is 24.6 Å². The van der Waals surface area contributed by atoms with Crippen molar-refractivity contribution in [2.24, 2.45) is 0 Å². The lowest BCUT2D eigenvalue weighted by Gasteiger charge is -1.97. The van der Waals surface area contributed by atoms with Gasteiger partial charge < -0.3 is 0 Å². The molecule has 0 fully saturated rings. The molecule has 12 heavy (non-hydrogen) atoms. The molecule has 0 saturated heterocycles. The van der Waals surface area contributed by atoms with Crippen molar-refractivity contribution in [3.8, 4) is 0 Å². The number of nitrogens with zero attached hydrogens (tertiary/aromatic N) is 1. The molecule has 0 aliphatic heterocycles. The van der Waals surface area contributed by atoms with Crippen molar-refractivity contribution in [2.45, 2.75) is 20.4 Å². The molecule has 0 unspecified atom stereocenters. The summed E-state index contributed by atoms with van der Waals surface area (Å²) in [7, 11) is 0. The van der Waals surface area contributed by atoms with Crippen LogP contribution >= 0.6 is 11.6 Å². The number of rotatable bonds is 2. The molecule has 1 aromatic heterocycles. The normalized spacial score (nSPS) is 10.9. The van der Waals surface area contributed by atoms with Crippen LogP contribution in [0.15, 0.2) is 29.9 Å². The first-order valence-corrected chi connectivity index (χ1v) is 4.39. The monoisotopic (exact) mass is 182 g/mol. The van der Waals surface area contributed by atoms with E-state index < -0.39 is 0 Å². The van der Waals surface area contributed by atoms with Crippen LogP contribution in [-0.4, -0.2) is 0 Å². The van der Waals surface area contributed by atoms with Crippen LogP contribution < -0.4 is 4.57 Å². The average Bonchev–Trinajstić information content (AvgIpc) is 2.03. The maximum atomic E-state index is 5.44. The Morgan fingerprint density at radius 1 is 1.50 bits per heavy atom. The average molecular weight is 183 g/mol. The van der Waals surface area contributed by atoms with Gasteiger partial charge in [-0.15, -0.1) is 0 Å². The minimum absolute atomic E-state index is 0.843. The second-order valence-corrected chi connectivity index (χ2v) is 3.11. The van der Waals surface area contributed by atoms with Gasteiger partial charge in [-0.25, -0.2) is 0 Å². The van der Waals surface area contributed by atoms with E-state index in [1.54, 1.807) is 5.54 Å². The smallest absolute Gasteiger partial charge is 0.178 e. The van der Waals surface area contributed by atoms with Crippen molar-refractivity contribution in [2.75, 3.05) is 0 Å². The second kappa shape index (κ2) is 4.27. The number of halogens is 1. The number of aromatic nitrogens is 1. The van der Waals surface area contributed by atoms with E-state index in [0.29, 0.717) is 0 Å². The maximum absolute atomic E-state index is 5.44. The van der Waals surface area contributed by atoms with Gasteiger partial charge in [0.05, 0.1) is 0 Å². The fourth-order valence-corrected chi connectivity index (χ4v) is 1.22. The molecule has 0 atom stereocenters. The number of allylic oxidation sites excluding steroid dienone is 1. The van der Waals surface area contributed by atoms with Crippen LogP contribution in [0.5, 0.6) is 0 Å². The summed E-state index contributed by atoms with van der Waals surface area (Å²) in [5, 5.41) is 0. The van der Waals surface area contributed by atoms with E-state index in [-0.39, 0.29) is 0 Å². The Hall–Kier alpha value is -0.820. The van der Waals surface area contributed by atoms with Crippen LogP contribution in [0.1, 0.15) is 11.3 Å². The summed E-state index contributed by atoms with van der Waals surface area (Å²) >= 11 is 5.44. The third-order valence-electron chi connectivity index (χ3n) is 1.80. The van der Waals surface area contributed by atoms with Crippen molar-refractivity contribution in [1.82, 2.24) is 0 Å². The largest absolute Gasteiger partial charge is 0.199 e. The first-order chi connectivity index (χ1) is 5.74. The first kappa shape index (κ1) is 9.27. The van der Waals surface area contributed by atoms with Crippen LogP contribution in [0, 0.1) is 13.8 Å². The molecule has 0 radical (unpaired) electrons. The topological polar surface area (TPSA) is 3.88 Å². The molecule has 0 bridgehead atoms. The van der Waals surface area contributed by atoms with Gasteiger partial charge in [0.1, 0.15) is 0 Å². The quantitative estimate of drug-likeness (QED) is 0.619. The summed E-state index contributed by atoms with van der Waals surface area (Å²) in [6.07, 6.45) is 3.99. The van der Waals surface area contributed by atoms with Gasteiger partial charge in [0.2, 0.25) is 0 Å². The molecule has 0 amide bonds. The SMILES string of the molecule is Cc1cc[n+](C/C=C/Cl)c(C)c1. The summed E-state index contributed by atoms with van der Waals surface area (Å²) < 4.78 is 2.14. The molecular weight excluding hydrogens is 170 g/mol. The van der Waals surface area contributed by atoms with E-state index in [4.69, 9.17) is 11.6 Å². The van der Waals surface area contributed by atoms with Crippen LogP contribution in [0.4, 0.5) is 0 Å². The zero-order valence-corrected chi connectivity index (χ0v) is 8.17. The number of hydrogen-bond acceptors (Lipinski definition) is 0. The Morgan fingerprint density at radius 3 is 2.83 bits per heavy atom. The molecule has 0 aliphatic rings. The number of hydrogen-bond donors (Lipinski definition) is 0. The van der Waals surface area contributed by atoms with E-state index in [1.807, 2.05) is 6.08 Å². The summed E-state index contributed by atoms with van der Waals surface area (Å²) in [4.78, 5) is 0. The predicted octanol–water partition coefficient (Wildman–Crippen LogP) is 2.34. The maximum Gasteiger partial charge on any atom is 0.178 e. The van der Waals surface area contributed by atoms with Crippen molar-refractivity contribution < 1.29 is 4.57 Å². The Kier molecular flexibility index (Phi) is 3.30. The Labute approximate surface area is 78.3 Å². The van der Waals surface area contributed by atoms with Gasteiger partial charge in [0.25, 0.3) is 0 Å². The molecule has 0 spiro atoms. The first-order valence-electron chi connectivity index (χ1n) is 3.96. The molecule has 2 heteroatoms. The molecule has 1 heterocycles. The highest BCUT2D eigenvalue weighted by Crippen LogP contribution is 1.96. The van der Waals surface area contributed by atoms with Gasteiger partial charge in [0.15, 0.2) is 18.4 Å². The molecule has 0 aromatic carbocycles. The summed E-state index contributed by atoms with van der Waals surface area (Å²) in [6.45, 7) is 5.03. The van der Waals surface area contributed by atoms with Gasteiger partial charge >= 0.3 is 0 Å². The van der Waals surface area contributed by atoms with Crippen LogP contribution in [0.2, 0.25) is 0 Å². The Balaban J connectivity index is 2.86. The van der Waals surface area contributed by atoms with E-state index in [1.165, 1.54) is 11.3 Å². The molecule has 1 rings (SSSR count). The van der Waals surface area contributed by atoms with E-state index in [9.17, 15) is 0 Å². The zero-order chi connectivity index (χ0) is 8.97. The fourth-order valence-electron chi connectivity index (χ4n) is 1.14. The lowest BCUT2D eigenvalue weighted by atomic mass is 10.2. The fraction of sp³-hybridized carbons (Fsp3) is 0.300. The minimum Gasteiger partial charge on any atom is -0.199 e. The van der Waals surface area contributed by atoms with Crippen LogP contribution in [-0.2, 0) is 6.54 Å². The summed E-state index contributed by atoms with van der Waals surface area (Å²) in [5.41, 5.74) is 4.09. The van der Waals surface area contributed by atoms with E-state index in [0.717, 1.165) is 6.54 Å². The van der Waals surface area contributed by atoms with Crippen molar-refractivity contribution in [1.29, 1.82) is 0 Å². The Bertz CT molecular complexity index is 292. The molecule has 64 valence electrons. The number of aryl methyl sites for hydroxylation is 2. The molecule has 0 N–H and O–H groups in total. The molecule has 0 saturated carbocycles. The highest BCUT2D eigenvalue weighted by Gasteiger charge is 2.01. The van der Waals surface area contributed by atoms with E-state index in [2.05, 4.69) is 36.7 Å². The van der Waals surface area contributed by atoms with Crippen molar-refractivity contribution >= 4 is 11.6 Å². The highest BCUT2D eigenvalue weighted by atomic mass is 35.5. The molecule has 1 nitrogen and oxygen atoms in total. The highest BCUT2D eigenvalue weighted by molar-refractivity contribution is 6.25. The molecule has 0 aliphatic carbocycles. The standard InChI is InChI=1S/C10H13ClN/c1-9-4-7-12(6-3-5-11)10(2)8-9/h3-5,7-8H,6H2,1-2H3/q+1/b5-3+. The number of pyridine rings is 1. The lowest BCUT2D eigenvalue weighted by Crippen LogP contribution is -2.35. The van der Waals surface area contributed by atoms with E-state index >= 15 is 0 Å². The predicted molar refractivity (Wildman–Crippen MR) is 51.1 cm³/mol. The van der Waals surface area contributed by atoms with Crippen molar-refractivity contribution in [3.05, 3.63) is 41.2 Å². The summed E-state index contributed by atoms with van der Waals surface area (Å²) in [6, 6.07) is 4.25.